The molecule has 118 valence electrons. The van der Waals surface area contributed by atoms with Gasteiger partial charge in [-0.05, 0) is 79.1 Å². The molecule has 0 N–H and O–H groups in total. The Morgan fingerprint density at radius 1 is 0.909 bits per heavy atom. The third-order valence-corrected chi connectivity index (χ3v) is 3.11. The van der Waals surface area contributed by atoms with Crippen molar-refractivity contribution >= 4 is 12.2 Å². The minimum Gasteiger partial charge on any atom is -0.337 e. The zero-order chi connectivity index (χ0) is 15.8. The van der Waals surface area contributed by atoms with E-state index in [9.17, 15) is 9.59 Å². The van der Waals surface area contributed by atoms with Gasteiger partial charge in [-0.2, -0.15) is 0 Å². The summed E-state index contributed by atoms with van der Waals surface area (Å²) in [6.45, 7) is 7.89. The quantitative estimate of drug-likeness (QED) is 0.582. The van der Waals surface area contributed by atoms with Gasteiger partial charge in [-0.25, -0.2) is 0 Å². The number of nitrogens with zero attached hydrogens (tertiary/aromatic N) is 1. The molecule has 0 saturated heterocycles. The first kappa shape index (κ1) is 21.7. The minimum absolute atomic E-state index is 0. The predicted octanol–water partition coefficient (Wildman–Crippen LogP) is 2.63. The van der Waals surface area contributed by atoms with Crippen molar-refractivity contribution in [3.8, 4) is 0 Å². The Balaban J connectivity index is 0.000000622. The maximum Gasteiger partial charge on any atom is 2.00 e. The van der Waals surface area contributed by atoms with Crippen LogP contribution in [0.5, 0.6) is 0 Å². The molecule has 0 atom stereocenters. The third-order valence-electron chi connectivity index (χ3n) is 3.11. The van der Waals surface area contributed by atoms with E-state index < -0.39 is 0 Å². The zero-order valence-electron chi connectivity index (χ0n) is 13.5. The molecule has 0 aromatic carbocycles. The van der Waals surface area contributed by atoms with Crippen molar-refractivity contribution in [2.24, 2.45) is 0 Å². The number of aldehydes is 1. The van der Waals surface area contributed by atoms with E-state index in [2.05, 4.69) is 0 Å². The molecule has 22 heavy (non-hydrogen) atoms. The van der Waals surface area contributed by atoms with E-state index >= 15 is 0 Å². The SMILES string of the molecule is CC(C)N(C(=O)[C]1[CH][CH][CH][C]1C=O)C(C)C.[CH]1[CH][CH][CH][CH]1.[Fe+2]. The summed E-state index contributed by atoms with van der Waals surface area (Å²) < 4.78 is 0. The monoisotopic (exact) mass is 341 g/mol. The van der Waals surface area contributed by atoms with Gasteiger partial charge in [0.15, 0.2) is 0 Å². The Labute approximate surface area is 147 Å². The second kappa shape index (κ2) is 11.2. The van der Waals surface area contributed by atoms with Crippen molar-refractivity contribution in [1.29, 1.82) is 0 Å². The predicted molar refractivity (Wildman–Crippen MR) is 84.1 cm³/mol. The second-order valence-electron chi connectivity index (χ2n) is 5.37. The van der Waals surface area contributed by atoms with Crippen LogP contribution < -0.4 is 0 Å². The first-order valence-electron chi connectivity index (χ1n) is 7.19. The fraction of sp³-hybridized carbons (Fsp3) is 0.333. The topological polar surface area (TPSA) is 37.4 Å². The molecule has 0 aromatic rings. The fourth-order valence-electron chi connectivity index (χ4n) is 2.26. The summed E-state index contributed by atoms with van der Waals surface area (Å²) in [6.07, 6.45) is 15.8. The minimum atomic E-state index is -0.0721. The van der Waals surface area contributed by atoms with Crippen molar-refractivity contribution in [2.75, 3.05) is 0 Å². The summed E-state index contributed by atoms with van der Waals surface area (Å²) in [5.74, 6) is 0.894. The molecule has 0 aromatic heterocycles. The maximum atomic E-state index is 12.2. The molecule has 10 radical (unpaired) electrons. The van der Waals surface area contributed by atoms with Crippen LogP contribution in [0.3, 0.4) is 0 Å². The largest absolute Gasteiger partial charge is 2.00 e. The molecule has 0 unspecified atom stereocenters. The van der Waals surface area contributed by atoms with Gasteiger partial charge in [-0.1, -0.05) is 0 Å². The standard InChI is InChI=1S/C13H18NO2.C5H5.Fe/c1-9(2)14(10(3)4)13(16)12-7-5-6-11(12)8-15;1-2-4-5-3-1;/h5-10H,1-4H3;1-5H;/q;;+2. The van der Waals surface area contributed by atoms with Gasteiger partial charge in [-0.3, -0.25) is 4.79 Å². The molecular formula is C18H23FeNO2+2. The van der Waals surface area contributed by atoms with Crippen molar-refractivity contribution < 1.29 is 26.7 Å². The second-order valence-corrected chi connectivity index (χ2v) is 5.37. The molecule has 2 rings (SSSR count). The van der Waals surface area contributed by atoms with Gasteiger partial charge in [0.1, 0.15) is 6.29 Å². The smallest absolute Gasteiger partial charge is 0.337 e. The molecule has 2 aliphatic rings. The van der Waals surface area contributed by atoms with Crippen LogP contribution in [0.15, 0.2) is 0 Å². The summed E-state index contributed by atoms with van der Waals surface area (Å²) >= 11 is 0. The number of hydrogen-bond donors (Lipinski definition) is 0. The summed E-state index contributed by atoms with van der Waals surface area (Å²) in [6, 6.07) is 0.254. The van der Waals surface area contributed by atoms with Crippen molar-refractivity contribution in [1.82, 2.24) is 4.90 Å². The van der Waals surface area contributed by atoms with E-state index in [0.29, 0.717) is 11.8 Å². The van der Waals surface area contributed by atoms with Crippen LogP contribution >= 0.6 is 0 Å². The molecule has 1 amide bonds. The van der Waals surface area contributed by atoms with Crippen LogP contribution in [-0.4, -0.2) is 29.2 Å². The Bertz CT molecular complexity index is 311. The first-order valence-corrected chi connectivity index (χ1v) is 7.19. The van der Waals surface area contributed by atoms with Crippen LogP contribution in [0, 0.1) is 63.2 Å². The Hall–Kier alpha value is -0.341. The number of carbonyl (C=O) groups is 2. The van der Waals surface area contributed by atoms with Gasteiger partial charge in [-0.15, -0.1) is 0 Å². The molecular weight excluding hydrogens is 318 g/mol. The first-order chi connectivity index (χ1) is 9.99. The third kappa shape index (κ3) is 6.42. The molecule has 2 fully saturated rings. The zero-order valence-corrected chi connectivity index (χ0v) is 14.6. The van der Waals surface area contributed by atoms with E-state index in [4.69, 9.17) is 0 Å². The summed E-state index contributed by atoms with van der Waals surface area (Å²) in [4.78, 5) is 24.8. The van der Waals surface area contributed by atoms with Gasteiger partial charge in [0.25, 0.3) is 0 Å². The van der Waals surface area contributed by atoms with Gasteiger partial charge in [0.2, 0.25) is 5.91 Å². The molecule has 0 bridgehead atoms. The Morgan fingerprint density at radius 2 is 1.36 bits per heavy atom. The molecule has 0 spiro atoms. The Morgan fingerprint density at radius 3 is 1.73 bits per heavy atom. The van der Waals surface area contributed by atoms with Crippen LogP contribution in [0.4, 0.5) is 0 Å². The molecule has 3 nitrogen and oxygen atoms in total. The van der Waals surface area contributed by atoms with Crippen LogP contribution in [0.2, 0.25) is 0 Å². The average Bonchev–Trinajstić information content (AvgIpc) is 3.12. The number of rotatable bonds is 4. The van der Waals surface area contributed by atoms with E-state index in [1.807, 2.05) is 59.8 Å². The van der Waals surface area contributed by atoms with Crippen LogP contribution in [-0.2, 0) is 26.7 Å². The van der Waals surface area contributed by atoms with Gasteiger partial charge >= 0.3 is 17.1 Å². The van der Waals surface area contributed by atoms with Gasteiger partial charge < -0.3 is 9.69 Å². The van der Waals surface area contributed by atoms with E-state index in [0.717, 1.165) is 6.29 Å². The van der Waals surface area contributed by atoms with Gasteiger partial charge in [0, 0.05) is 12.1 Å². The fourth-order valence-corrected chi connectivity index (χ4v) is 2.26. The van der Waals surface area contributed by atoms with Crippen molar-refractivity contribution in [3.63, 3.8) is 0 Å². The Kier molecular flexibility index (Phi) is 11.1. The molecule has 4 heteroatoms. The molecule has 0 heterocycles. The van der Waals surface area contributed by atoms with Gasteiger partial charge in [0.05, 0.1) is 11.8 Å². The molecule has 2 saturated carbocycles. The van der Waals surface area contributed by atoms with Crippen LogP contribution in [0.25, 0.3) is 0 Å². The van der Waals surface area contributed by atoms with E-state index in [-0.39, 0.29) is 35.1 Å². The van der Waals surface area contributed by atoms with Crippen molar-refractivity contribution in [2.45, 2.75) is 39.8 Å². The average molecular weight is 341 g/mol. The summed E-state index contributed by atoms with van der Waals surface area (Å²) in [5, 5.41) is 0. The van der Waals surface area contributed by atoms with Crippen molar-refractivity contribution in [3.05, 3.63) is 63.2 Å². The normalized spacial score (nSPS) is 18.8. The molecule has 0 aliphatic heterocycles. The summed E-state index contributed by atoms with van der Waals surface area (Å²) in [7, 11) is 0. The molecule has 2 aliphatic carbocycles. The number of amides is 1. The van der Waals surface area contributed by atoms with E-state index in [1.165, 1.54) is 0 Å². The van der Waals surface area contributed by atoms with Crippen LogP contribution in [0.1, 0.15) is 27.7 Å². The number of carbonyl (C=O) groups excluding carboxylic acids is 2. The maximum absolute atomic E-state index is 12.2. The summed E-state index contributed by atoms with van der Waals surface area (Å²) in [5.41, 5.74) is 0. The number of hydrogen-bond acceptors (Lipinski definition) is 2. The van der Waals surface area contributed by atoms with E-state index in [1.54, 1.807) is 24.2 Å².